The zero-order valence-electron chi connectivity index (χ0n) is 22.4. The molecule has 2 amide bonds. The number of amides is 2. The van der Waals surface area contributed by atoms with E-state index in [9.17, 15) is 14.4 Å². The Kier molecular flexibility index (Phi) is 6.60. The Hall–Kier alpha value is -3.76. The van der Waals surface area contributed by atoms with E-state index in [1.807, 2.05) is 25.3 Å². The second-order valence-electron chi connectivity index (χ2n) is 11.1. The van der Waals surface area contributed by atoms with Gasteiger partial charge in [0.1, 0.15) is 5.69 Å². The lowest BCUT2D eigenvalue weighted by atomic mass is 9.76. The van der Waals surface area contributed by atoms with Crippen LogP contribution in [0, 0.1) is 23.2 Å². The van der Waals surface area contributed by atoms with Crippen molar-refractivity contribution in [2.75, 3.05) is 13.7 Å². The predicted octanol–water partition coefficient (Wildman–Crippen LogP) is 2.46. The number of hydrogen-bond donors (Lipinski definition) is 2. The molecule has 0 bridgehead atoms. The molecule has 0 spiro atoms. The summed E-state index contributed by atoms with van der Waals surface area (Å²) in [6, 6.07) is 5.17. The first-order valence-corrected chi connectivity index (χ1v) is 14.0. The van der Waals surface area contributed by atoms with E-state index in [2.05, 4.69) is 15.7 Å². The van der Waals surface area contributed by atoms with Crippen LogP contribution < -0.4 is 10.6 Å². The highest BCUT2D eigenvalue weighted by molar-refractivity contribution is 6.03. The van der Waals surface area contributed by atoms with Crippen molar-refractivity contribution in [3.05, 3.63) is 47.7 Å². The number of carbonyl (C=O) groups is 3. The topological polar surface area (TPSA) is 133 Å². The predicted molar refractivity (Wildman–Crippen MR) is 140 cm³/mol. The first-order valence-electron chi connectivity index (χ1n) is 14.0. The maximum atomic E-state index is 13.4. The van der Waals surface area contributed by atoms with Gasteiger partial charge in [-0.05, 0) is 81.4 Å². The molecule has 1 saturated heterocycles. The van der Waals surface area contributed by atoms with Gasteiger partial charge < -0.3 is 15.4 Å². The minimum absolute atomic E-state index is 0.142. The standard InChI is InChI=1S/C28H35N7O4/c1-3-34-21(11-14-30-34)25(36)32-24(23(17-5-6-17)18-7-8-18)20-16-35-22(31-20)10-9-19(33-35)15-28(27(38)39-2)12-4-13-29-26(28)37/h9-11,14,16-18,23-24H,3-8,12-13,15H2,1-2H3,(H,29,37)(H,32,36). The smallest absolute Gasteiger partial charge is 0.321 e. The van der Waals surface area contributed by atoms with Crippen LogP contribution in [0.3, 0.4) is 0 Å². The molecule has 2 unspecified atom stereocenters. The second kappa shape index (κ2) is 10.1. The van der Waals surface area contributed by atoms with Crippen molar-refractivity contribution in [2.24, 2.45) is 23.2 Å². The first kappa shape index (κ1) is 25.5. The number of esters is 1. The molecule has 2 N–H and O–H groups in total. The van der Waals surface area contributed by atoms with E-state index in [1.54, 1.807) is 21.5 Å². The highest BCUT2D eigenvalue weighted by atomic mass is 16.5. The minimum atomic E-state index is -1.29. The van der Waals surface area contributed by atoms with Crippen molar-refractivity contribution in [2.45, 2.75) is 64.5 Å². The molecule has 3 aromatic heterocycles. The number of hydrogen-bond acceptors (Lipinski definition) is 7. The molecule has 0 aromatic carbocycles. The van der Waals surface area contributed by atoms with Crippen LogP contribution >= 0.6 is 0 Å². The summed E-state index contributed by atoms with van der Waals surface area (Å²) >= 11 is 0. The molecule has 4 heterocycles. The first-order chi connectivity index (χ1) is 18.9. The fraction of sp³-hybridized carbons (Fsp3) is 0.571. The molecule has 206 valence electrons. The lowest BCUT2D eigenvalue weighted by molar-refractivity contribution is -0.161. The quantitative estimate of drug-likeness (QED) is 0.302. The van der Waals surface area contributed by atoms with E-state index < -0.39 is 11.4 Å². The normalized spacial score (nSPS) is 22.1. The Morgan fingerprint density at radius 3 is 2.64 bits per heavy atom. The Bertz CT molecular complexity index is 1380. The van der Waals surface area contributed by atoms with Gasteiger partial charge in [-0.2, -0.15) is 10.2 Å². The van der Waals surface area contributed by atoms with E-state index in [1.165, 1.54) is 32.8 Å². The van der Waals surface area contributed by atoms with Gasteiger partial charge in [0.15, 0.2) is 11.1 Å². The molecule has 11 heteroatoms. The van der Waals surface area contributed by atoms with Crippen LogP contribution in [-0.2, 0) is 27.3 Å². The van der Waals surface area contributed by atoms with E-state index in [0.717, 1.165) is 5.69 Å². The van der Waals surface area contributed by atoms with Gasteiger partial charge >= 0.3 is 5.97 Å². The highest BCUT2D eigenvalue weighted by Gasteiger charge is 2.49. The lowest BCUT2D eigenvalue weighted by Gasteiger charge is -2.33. The molecular weight excluding hydrogens is 498 g/mol. The fourth-order valence-electron chi connectivity index (χ4n) is 6.25. The molecular formula is C28H35N7O4. The van der Waals surface area contributed by atoms with Gasteiger partial charge in [-0.25, -0.2) is 9.50 Å². The molecule has 2 atom stereocenters. The molecule has 3 aromatic rings. The Balaban J connectivity index is 1.32. The van der Waals surface area contributed by atoms with Gasteiger partial charge in [-0.1, -0.05) is 0 Å². The van der Waals surface area contributed by atoms with Gasteiger partial charge in [0.25, 0.3) is 5.91 Å². The van der Waals surface area contributed by atoms with Crippen LogP contribution in [0.5, 0.6) is 0 Å². The van der Waals surface area contributed by atoms with Crippen molar-refractivity contribution >= 4 is 23.4 Å². The summed E-state index contributed by atoms with van der Waals surface area (Å²) in [6.07, 6.45) is 9.47. The average molecular weight is 534 g/mol. The van der Waals surface area contributed by atoms with Gasteiger partial charge in [0, 0.05) is 25.7 Å². The molecule has 2 saturated carbocycles. The average Bonchev–Trinajstić information content (AvgIpc) is 3.87. The van der Waals surface area contributed by atoms with E-state index in [0.29, 0.717) is 60.7 Å². The van der Waals surface area contributed by atoms with E-state index in [4.69, 9.17) is 14.8 Å². The number of methoxy groups -OCH3 is 1. The SMILES string of the molecule is CCn1nccc1C(=O)NC(c1cn2nc(CC3(C(=O)OC)CCCNC3=O)ccc2n1)C(C1CC1)C1CC1. The van der Waals surface area contributed by atoms with E-state index >= 15 is 0 Å². The second-order valence-corrected chi connectivity index (χ2v) is 11.1. The van der Waals surface area contributed by atoms with Gasteiger partial charge in [-0.15, -0.1) is 0 Å². The van der Waals surface area contributed by atoms with Crippen LogP contribution in [0.15, 0.2) is 30.6 Å². The number of imidazole rings is 1. The van der Waals surface area contributed by atoms with Crippen LogP contribution in [0.25, 0.3) is 5.65 Å². The molecule has 3 fully saturated rings. The van der Waals surface area contributed by atoms with Crippen molar-refractivity contribution in [1.82, 2.24) is 35.0 Å². The maximum absolute atomic E-state index is 13.4. The number of nitrogens with zero attached hydrogens (tertiary/aromatic N) is 5. The number of fused-ring (bicyclic) bond motifs is 1. The van der Waals surface area contributed by atoms with Crippen molar-refractivity contribution in [3.63, 3.8) is 0 Å². The summed E-state index contributed by atoms with van der Waals surface area (Å²) in [7, 11) is 1.31. The number of piperidine rings is 1. The molecule has 6 rings (SSSR count). The molecule has 2 aliphatic carbocycles. The maximum Gasteiger partial charge on any atom is 0.321 e. The summed E-state index contributed by atoms with van der Waals surface area (Å²) in [6.45, 7) is 3.12. The number of carbonyl (C=O) groups excluding carboxylic acids is 3. The number of ether oxygens (including phenoxy) is 1. The fourth-order valence-corrected chi connectivity index (χ4v) is 6.25. The monoisotopic (exact) mass is 533 g/mol. The zero-order valence-corrected chi connectivity index (χ0v) is 22.4. The lowest BCUT2D eigenvalue weighted by Crippen LogP contribution is -2.52. The van der Waals surface area contributed by atoms with Crippen molar-refractivity contribution in [3.8, 4) is 0 Å². The number of aryl methyl sites for hydroxylation is 1. The Morgan fingerprint density at radius 1 is 1.21 bits per heavy atom. The minimum Gasteiger partial charge on any atom is -0.468 e. The number of nitrogens with one attached hydrogen (secondary N) is 2. The van der Waals surface area contributed by atoms with Crippen molar-refractivity contribution in [1.29, 1.82) is 0 Å². The summed E-state index contributed by atoms with van der Waals surface area (Å²) in [5.41, 5.74) is 1.27. The van der Waals surface area contributed by atoms with Crippen LogP contribution in [0.4, 0.5) is 0 Å². The zero-order chi connectivity index (χ0) is 27.1. The molecule has 1 aliphatic heterocycles. The molecule has 39 heavy (non-hydrogen) atoms. The van der Waals surface area contributed by atoms with Gasteiger partial charge in [-0.3, -0.25) is 19.1 Å². The molecule has 11 nitrogen and oxygen atoms in total. The Morgan fingerprint density at radius 2 is 1.97 bits per heavy atom. The molecule has 0 radical (unpaired) electrons. The third kappa shape index (κ3) is 4.79. The molecule has 3 aliphatic rings. The van der Waals surface area contributed by atoms with Gasteiger partial charge in [0.2, 0.25) is 5.91 Å². The third-order valence-corrected chi connectivity index (χ3v) is 8.52. The Labute approximate surface area is 226 Å². The van der Waals surface area contributed by atoms with Crippen LogP contribution in [-0.4, -0.2) is 55.8 Å². The highest BCUT2D eigenvalue weighted by Crippen LogP contribution is 2.54. The van der Waals surface area contributed by atoms with E-state index in [-0.39, 0.29) is 24.3 Å². The summed E-state index contributed by atoms with van der Waals surface area (Å²) in [4.78, 5) is 43.9. The third-order valence-electron chi connectivity index (χ3n) is 8.52. The van der Waals surface area contributed by atoms with Gasteiger partial charge in [0.05, 0.1) is 30.7 Å². The summed E-state index contributed by atoms with van der Waals surface area (Å²) < 4.78 is 8.43. The van der Waals surface area contributed by atoms with Crippen LogP contribution in [0.1, 0.15) is 73.4 Å². The number of aromatic nitrogens is 5. The summed E-state index contributed by atoms with van der Waals surface area (Å²) in [5.74, 6) is 0.469. The summed E-state index contributed by atoms with van der Waals surface area (Å²) in [5, 5.41) is 15.1. The largest absolute Gasteiger partial charge is 0.468 e. The van der Waals surface area contributed by atoms with Crippen molar-refractivity contribution < 1.29 is 19.1 Å². The van der Waals surface area contributed by atoms with Crippen LogP contribution in [0.2, 0.25) is 0 Å². The number of rotatable bonds is 10.